The Bertz CT molecular complexity index is 259. The number of ether oxygens (including phenoxy) is 2. The SMILES string of the molecule is CCC(OC(=O)COCC[N+](C)(C)C)C(=O)[O-]. The first-order valence-corrected chi connectivity index (χ1v) is 5.55. The molecule has 0 radical (unpaired) electrons. The Morgan fingerprint density at radius 1 is 1.29 bits per heavy atom. The summed E-state index contributed by atoms with van der Waals surface area (Å²) < 4.78 is 10.5. The van der Waals surface area contributed by atoms with Crippen molar-refractivity contribution < 1.29 is 28.7 Å². The van der Waals surface area contributed by atoms with E-state index in [1.807, 2.05) is 21.1 Å². The van der Waals surface area contributed by atoms with E-state index in [-0.39, 0.29) is 13.0 Å². The van der Waals surface area contributed by atoms with E-state index in [2.05, 4.69) is 4.74 Å². The second-order valence-corrected chi connectivity index (χ2v) is 4.77. The van der Waals surface area contributed by atoms with Gasteiger partial charge in [0.15, 0.2) is 0 Å². The number of likely N-dealkylation sites (N-methyl/N-ethyl adjacent to an activating group) is 1. The Kier molecular flexibility index (Phi) is 6.75. The summed E-state index contributed by atoms with van der Waals surface area (Å²) >= 11 is 0. The third kappa shape index (κ3) is 8.65. The Balaban J connectivity index is 3.77. The molecule has 0 aromatic heterocycles. The summed E-state index contributed by atoms with van der Waals surface area (Å²) in [6.07, 6.45) is -1.00. The van der Waals surface area contributed by atoms with Gasteiger partial charge in [0.2, 0.25) is 0 Å². The normalized spacial score (nSPS) is 13.2. The van der Waals surface area contributed by atoms with Crippen LogP contribution in [-0.2, 0) is 19.1 Å². The molecule has 0 bridgehead atoms. The second kappa shape index (κ2) is 7.24. The third-order valence-corrected chi connectivity index (χ3v) is 2.03. The average Bonchev–Trinajstić information content (AvgIpc) is 2.19. The molecule has 0 amide bonds. The van der Waals surface area contributed by atoms with Gasteiger partial charge in [-0.25, -0.2) is 4.79 Å². The van der Waals surface area contributed by atoms with E-state index in [1.165, 1.54) is 0 Å². The van der Waals surface area contributed by atoms with Gasteiger partial charge < -0.3 is 23.9 Å². The number of hydrogen-bond acceptors (Lipinski definition) is 5. The van der Waals surface area contributed by atoms with Gasteiger partial charge in [-0.05, 0) is 6.42 Å². The molecular weight excluding hydrogens is 226 g/mol. The van der Waals surface area contributed by atoms with Crippen LogP contribution in [0, 0.1) is 0 Å². The zero-order valence-corrected chi connectivity index (χ0v) is 10.9. The van der Waals surface area contributed by atoms with Crippen LogP contribution in [-0.4, -0.2) is 63.4 Å². The lowest BCUT2D eigenvalue weighted by Crippen LogP contribution is -2.40. The number of carboxylic acid groups (broad SMARTS) is 1. The molecule has 0 spiro atoms. The summed E-state index contributed by atoms with van der Waals surface area (Å²) in [7, 11) is 6.01. The monoisotopic (exact) mass is 247 g/mol. The summed E-state index contributed by atoms with van der Waals surface area (Å²) in [6, 6.07) is 0. The molecule has 17 heavy (non-hydrogen) atoms. The number of quaternary nitrogens is 1. The number of esters is 1. The number of aliphatic carboxylic acids is 1. The summed E-state index contributed by atoms with van der Waals surface area (Å²) in [5.74, 6) is -2.06. The summed E-state index contributed by atoms with van der Waals surface area (Å²) in [5.41, 5.74) is 0. The van der Waals surface area contributed by atoms with Crippen molar-refractivity contribution in [3.05, 3.63) is 0 Å². The highest BCUT2D eigenvalue weighted by molar-refractivity contribution is 5.77. The van der Waals surface area contributed by atoms with Gasteiger partial charge in [0.1, 0.15) is 19.3 Å². The van der Waals surface area contributed by atoms with Crippen LogP contribution >= 0.6 is 0 Å². The van der Waals surface area contributed by atoms with Crippen molar-refractivity contribution in [1.29, 1.82) is 0 Å². The molecule has 0 rings (SSSR count). The molecule has 0 fully saturated rings. The van der Waals surface area contributed by atoms with Gasteiger partial charge in [0.05, 0.1) is 33.7 Å². The molecule has 6 nitrogen and oxygen atoms in total. The molecule has 100 valence electrons. The molecule has 0 heterocycles. The van der Waals surface area contributed by atoms with Crippen LogP contribution in [0.15, 0.2) is 0 Å². The maximum absolute atomic E-state index is 11.2. The fraction of sp³-hybridized carbons (Fsp3) is 0.818. The fourth-order valence-corrected chi connectivity index (χ4v) is 0.985. The van der Waals surface area contributed by atoms with Gasteiger partial charge in [-0.2, -0.15) is 0 Å². The summed E-state index contributed by atoms with van der Waals surface area (Å²) in [5, 5.41) is 10.5. The first-order valence-electron chi connectivity index (χ1n) is 5.55. The zero-order valence-electron chi connectivity index (χ0n) is 10.9. The molecule has 0 N–H and O–H groups in total. The number of carbonyl (C=O) groups is 2. The van der Waals surface area contributed by atoms with Gasteiger partial charge in [0, 0.05) is 0 Å². The number of nitrogens with zero attached hydrogens (tertiary/aromatic N) is 1. The number of carbonyl (C=O) groups excluding carboxylic acids is 2. The molecule has 0 aliphatic carbocycles. The summed E-state index contributed by atoms with van der Waals surface area (Å²) in [6.45, 7) is 2.54. The molecule has 0 saturated heterocycles. The van der Waals surface area contributed by atoms with Crippen LogP contribution in [0.1, 0.15) is 13.3 Å². The minimum atomic E-state index is -1.38. The zero-order chi connectivity index (χ0) is 13.5. The van der Waals surface area contributed by atoms with Crippen LogP contribution < -0.4 is 5.11 Å². The number of hydrogen-bond donors (Lipinski definition) is 0. The molecule has 0 aliphatic heterocycles. The number of carboxylic acids is 1. The first kappa shape index (κ1) is 15.9. The van der Waals surface area contributed by atoms with E-state index in [0.717, 1.165) is 11.0 Å². The lowest BCUT2D eigenvalue weighted by Gasteiger charge is -2.23. The molecular formula is C11H21NO5. The van der Waals surface area contributed by atoms with Crippen molar-refractivity contribution in [2.45, 2.75) is 19.4 Å². The maximum atomic E-state index is 11.2. The summed E-state index contributed by atoms with van der Waals surface area (Å²) in [4.78, 5) is 21.7. The van der Waals surface area contributed by atoms with E-state index in [4.69, 9.17) is 4.74 Å². The maximum Gasteiger partial charge on any atom is 0.332 e. The van der Waals surface area contributed by atoms with Crippen LogP contribution in [0.3, 0.4) is 0 Å². The standard InChI is InChI=1S/C11H21NO5/c1-5-9(11(14)15)17-10(13)8-16-7-6-12(2,3)4/h9H,5-8H2,1-4H3. The topological polar surface area (TPSA) is 75.7 Å². The predicted octanol–water partition coefficient (Wildman–Crippen LogP) is -1.22. The Hall–Kier alpha value is -1.14. The van der Waals surface area contributed by atoms with Crippen LogP contribution in [0.2, 0.25) is 0 Å². The Morgan fingerprint density at radius 2 is 1.88 bits per heavy atom. The highest BCUT2D eigenvalue weighted by atomic mass is 16.6. The van der Waals surface area contributed by atoms with Gasteiger partial charge in [-0.1, -0.05) is 6.92 Å². The van der Waals surface area contributed by atoms with Crippen molar-refractivity contribution in [3.8, 4) is 0 Å². The van der Waals surface area contributed by atoms with Gasteiger partial charge in [-0.3, -0.25) is 0 Å². The van der Waals surface area contributed by atoms with Crippen molar-refractivity contribution in [3.63, 3.8) is 0 Å². The highest BCUT2D eigenvalue weighted by Crippen LogP contribution is 1.98. The molecule has 0 aliphatic rings. The van der Waals surface area contributed by atoms with Gasteiger partial charge >= 0.3 is 5.97 Å². The second-order valence-electron chi connectivity index (χ2n) is 4.77. The lowest BCUT2D eigenvalue weighted by atomic mass is 10.3. The van der Waals surface area contributed by atoms with Gasteiger partial charge in [0.25, 0.3) is 0 Å². The third-order valence-electron chi connectivity index (χ3n) is 2.03. The largest absolute Gasteiger partial charge is 0.546 e. The molecule has 0 aromatic carbocycles. The Labute approximate surface area is 102 Å². The van der Waals surface area contributed by atoms with E-state index in [0.29, 0.717) is 6.61 Å². The molecule has 1 atom stereocenters. The van der Waals surface area contributed by atoms with E-state index in [9.17, 15) is 14.7 Å². The van der Waals surface area contributed by atoms with Crippen molar-refractivity contribution in [1.82, 2.24) is 0 Å². The van der Waals surface area contributed by atoms with Crippen molar-refractivity contribution >= 4 is 11.9 Å². The smallest absolute Gasteiger partial charge is 0.332 e. The van der Waals surface area contributed by atoms with Crippen molar-refractivity contribution in [2.24, 2.45) is 0 Å². The molecule has 0 saturated carbocycles. The lowest BCUT2D eigenvalue weighted by molar-refractivity contribution is -0.870. The van der Waals surface area contributed by atoms with E-state index in [1.54, 1.807) is 6.92 Å². The van der Waals surface area contributed by atoms with Crippen LogP contribution in [0.4, 0.5) is 0 Å². The molecule has 1 unspecified atom stereocenters. The quantitative estimate of drug-likeness (QED) is 0.305. The number of rotatable bonds is 8. The predicted molar refractivity (Wildman–Crippen MR) is 58.9 cm³/mol. The van der Waals surface area contributed by atoms with Gasteiger partial charge in [-0.15, -0.1) is 0 Å². The van der Waals surface area contributed by atoms with Crippen LogP contribution in [0.5, 0.6) is 0 Å². The minimum absolute atomic E-state index is 0.187. The Morgan fingerprint density at radius 3 is 2.29 bits per heavy atom. The highest BCUT2D eigenvalue weighted by Gasteiger charge is 2.14. The average molecular weight is 247 g/mol. The molecule has 0 aromatic rings. The molecule has 6 heteroatoms. The fourth-order valence-electron chi connectivity index (χ4n) is 0.985. The van der Waals surface area contributed by atoms with E-state index >= 15 is 0 Å². The minimum Gasteiger partial charge on any atom is -0.546 e. The van der Waals surface area contributed by atoms with E-state index < -0.39 is 18.0 Å². The first-order chi connectivity index (χ1) is 7.76. The van der Waals surface area contributed by atoms with Crippen molar-refractivity contribution in [2.75, 3.05) is 40.9 Å². The van der Waals surface area contributed by atoms with Crippen LogP contribution in [0.25, 0.3) is 0 Å².